The standard InChI is InChI=1S/C36H42O10/c1-7-33(37)42-24-12-10-9-11-23-41-30(6)17-16-29(5)28(4)15-13-27(3)14-22-35(39)45-31-18-20-32(21-19-31)46-36(40)44-26-25-43-34(38)8-2/h8,13-22H,2-7,9-12,23-26H2,1H3. The molecule has 1 aromatic carbocycles. The Balaban J connectivity index is 2.33. The molecule has 0 aromatic heterocycles. The second-order valence-corrected chi connectivity index (χ2v) is 9.39. The van der Waals surface area contributed by atoms with Gasteiger partial charge in [-0.2, -0.15) is 0 Å². The van der Waals surface area contributed by atoms with Crippen molar-refractivity contribution in [2.24, 2.45) is 0 Å². The third-order valence-electron chi connectivity index (χ3n) is 5.65. The van der Waals surface area contributed by atoms with Gasteiger partial charge in [-0.05, 0) is 78.8 Å². The summed E-state index contributed by atoms with van der Waals surface area (Å²) in [5.74, 6) is -0.555. The summed E-state index contributed by atoms with van der Waals surface area (Å²) in [6.45, 7) is 21.4. The van der Waals surface area contributed by atoms with Gasteiger partial charge in [0.05, 0.1) is 13.2 Å². The van der Waals surface area contributed by atoms with E-state index in [0.29, 0.717) is 42.1 Å². The van der Waals surface area contributed by atoms with Crippen LogP contribution in [0.25, 0.3) is 0 Å². The van der Waals surface area contributed by atoms with Crippen LogP contribution < -0.4 is 9.47 Å². The maximum Gasteiger partial charge on any atom is 0.513 e. The van der Waals surface area contributed by atoms with Gasteiger partial charge in [0.1, 0.15) is 30.5 Å². The molecule has 0 aliphatic heterocycles. The fraction of sp³-hybridized carbons (Fsp3) is 0.278. The van der Waals surface area contributed by atoms with Crippen LogP contribution >= 0.6 is 0 Å². The van der Waals surface area contributed by atoms with E-state index in [4.69, 9.17) is 23.7 Å². The summed E-state index contributed by atoms with van der Waals surface area (Å²) in [5, 5.41) is 0. The van der Waals surface area contributed by atoms with Gasteiger partial charge in [-0.15, -0.1) is 0 Å². The molecule has 0 aliphatic rings. The van der Waals surface area contributed by atoms with E-state index >= 15 is 0 Å². The van der Waals surface area contributed by atoms with Crippen molar-refractivity contribution in [1.82, 2.24) is 0 Å². The molecule has 0 saturated heterocycles. The highest BCUT2D eigenvalue weighted by molar-refractivity contribution is 5.84. The molecule has 0 aliphatic carbocycles. The zero-order valence-electron chi connectivity index (χ0n) is 26.3. The second kappa shape index (κ2) is 23.1. The Labute approximate surface area is 270 Å². The molecule has 10 heteroatoms. The molecule has 0 N–H and O–H groups in total. The molecule has 1 aromatic rings. The van der Waals surface area contributed by atoms with Crippen molar-refractivity contribution in [1.29, 1.82) is 0 Å². The van der Waals surface area contributed by atoms with E-state index in [0.717, 1.165) is 31.8 Å². The SMILES string of the molecule is C=CC(=O)OCCOC(=O)Oc1ccc(OC(=O)C=CC(=C)C=CC(=C)C(=C)C=CC(=C)OCCCCCCOC(=O)CC)cc1. The van der Waals surface area contributed by atoms with E-state index in [1.807, 2.05) is 0 Å². The van der Waals surface area contributed by atoms with Crippen molar-refractivity contribution < 1.29 is 47.6 Å². The Hall–Kier alpha value is -5.38. The normalized spacial score (nSPS) is 10.7. The summed E-state index contributed by atoms with van der Waals surface area (Å²) in [4.78, 5) is 45.9. The van der Waals surface area contributed by atoms with E-state index in [2.05, 4.69) is 37.6 Å². The minimum absolute atomic E-state index is 0.135. The predicted octanol–water partition coefficient (Wildman–Crippen LogP) is 7.22. The Morgan fingerprint density at radius 1 is 0.609 bits per heavy atom. The lowest BCUT2D eigenvalue weighted by atomic mass is 10.1. The van der Waals surface area contributed by atoms with Gasteiger partial charge in [0.2, 0.25) is 0 Å². The summed E-state index contributed by atoms with van der Waals surface area (Å²) >= 11 is 0. The van der Waals surface area contributed by atoms with Crippen LogP contribution in [-0.4, -0.2) is 50.5 Å². The van der Waals surface area contributed by atoms with Crippen LogP contribution in [0, 0.1) is 0 Å². The lowest BCUT2D eigenvalue weighted by molar-refractivity contribution is -0.143. The Bertz CT molecular complexity index is 1330. The molecule has 0 bridgehead atoms. The van der Waals surface area contributed by atoms with Gasteiger partial charge in [0.25, 0.3) is 0 Å². The van der Waals surface area contributed by atoms with E-state index in [9.17, 15) is 19.2 Å². The molecule has 0 spiro atoms. The molecule has 0 fully saturated rings. The Morgan fingerprint density at radius 2 is 1.15 bits per heavy atom. The number of carbonyl (C=O) groups excluding carboxylic acids is 4. The van der Waals surface area contributed by atoms with Crippen molar-refractivity contribution in [3.05, 3.63) is 122 Å². The fourth-order valence-corrected chi connectivity index (χ4v) is 3.12. The van der Waals surface area contributed by atoms with Crippen LogP contribution in [0.5, 0.6) is 11.5 Å². The highest BCUT2D eigenvalue weighted by atomic mass is 16.7. The van der Waals surface area contributed by atoms with Crippen molar-refractivity contribution in [2.45, 2.75) is 39.0 Å². The molecule has 0 unspecified atom stereocenters. The second-order valence-electron chi connectivity index (χ2n) is 9.39. The summed E-state index contributed by atoms with van der Waals surface area (Å²) in [6.07, 6.45) is 13.6. The minimum atomic E-state index is -0.987. The minimum Gasteiger partial charge on any atom is -0.494 e. The first-order valence-corrected chi connectivity index (χ1v) is 14.6. The smallest absolute Gasteiger partial charge is 0.494 e. The molecule has 0 amide bonds. The summed E-state index contributed by atoms with van der Waals surface area (Å²) in [5.41, 5.74) is 1.80. The average molecular weight is 635 g/mol. The summed E-state index contributed by atoms with van der Waals surface area (Å²) < 4.78 is 30.3. The van der Waals surface area contributed by atoms with Gasteiger partial charge in [-0.3, -0.25) is 4.79 Å². The largest absolute Gasteiger partial charge is 0.513 e. The molecule has 0 atom stereocenters. The van der Waals surface area contributed by atoms with Crippen LogP contribution in [0.2, 0.25) is 0 Å². The highest BCUT2D eigenvalue weighted by Crippen LogP contribution is 2.18. The first kappa shape index (κ1) is 38.6. The molecular formula is C36H42O10. The number of rotatable bonds is 22. The molecule has 10 nitrogen and oxygen atoms in total. The van der Waals surface area contributed by atoms with Crippen LogP contribution in [0.1, 0.15) is 39.0 Å². The van der Waals surface area contributed by atoms with E-state index in [-0.39, 0.29) is 30.7 Å². The summed E-state index contributed by atoms with van der Waals surface area (Å²) in [6, 6.07) is 5.71. The van der Waals surface area contributed by atoms with E-state index in [1.54, 1.807) is 31.2 Å². The number of hydrogen-bond acceptors (Lipinski definition) is 10. The first-order chi connectivity index (χ1) is 22.0. The van der Waals surface area contributed by atoms with Gasteiger partial charge in [-0.25, -0.2) is 14.4 Å². The average Bonchev–Trinajstić information content (AvgIpc) is 3.05. The van der Waals surface area contributed by atoms with E-state index in [1.165, 1.54) is 36.4 Å². The number of allylic oxidation sites excluding steroid dienone is 8. The molecule has 246 valence electrons. The predicted molar refractivity (Wildman–Crippen MR) is 175 cm³/mol. The van der Waals surface area contributed by atoms with Gasteiger partial charge < -0.3 is 28.4 Å². The summed E-state index contributed by atoms with van der Waals surface area (Å²) in [7, 11) is 0. The van der Waals surface area contributed by atoms with Gasteiger partial charge >= 0.3 is 24.1 Å². The highest BCUT2D eigenvalue weighted by Gasteiger charge is 2.08. The van der Waals surface area contributed by atoms with Crippen LogP contribution in [0.15, 0.2) is 122 Å². The van der Waals surface area contributed by atoms with Crippen molar-refractivity contribution in [3.8, 4) is 11.5 Å². The molecule has 1 rings (SSSR count). The van der Waals surface area contributed by atoms with Crippen molar-refractivity contribution in [3.63, 3.8) is 0 Å². The van der Waals surface area contributed by atoms with Crippen molar-refractivity contribution in [2.75, 3.05) is 26.4 Å². The van der Waals surface area contributed by atoms with E-state index < -0.39 is 18.1 Å². The monoisotopic (exact) mass is 634 g/mol. The molecule has 0 saturated carbocycles. The fourth-order valence-electron chi connectivity index (χ4n) is 3.12. The number of carbonyl (C=O) groups is 4. The van der Waals surface area contributed by atoms with Crippen molar-refractivity contribution >= 4 is 24.1 Å². The number of benzene rings is 1. The molecule has 46 heavy (non-hydrogen) atoms. The van der Waals surface area contributed by atoms with Gasteiger partial charge in [0.15, 0.2) is 0 Å². The number of ether oxygens (including phenoxy) is 6. The molecular weight excluding hydrogens is 592 g/mol. The van der Waals surface area contributed by atoms with Gasteiger partial charge in [-0.1, -0.05) is 58.0 Å². The Morgan fingerprint density at radius 3 is 1.76 bits per heavy atom. The lowest BCUT2D eigenvalue weighted by Crippen LogP contribution is -2.15. The van der Waals surface area contributed by atoms with Crippen LogP contribution in [0.4, 0.5) is 4.79 Å². The zero-order chi connectivity index (χ0) is 34.2. The number of esters is 3. The topological polar surface area (TPSA) is 124 Å². The third-order valence-corrected chi connectivity index (χ3v) is 5.65. The Kier molecular flexibility index (Phi) is 19.4. The first-order valence-electron chi connectivity index (χ1n) is 14.6. The quantitative estimate of drug-likeness (QED) is 0.0189. The van der Waals surface area contributed by atoms with Crippen LogP contribution in [-0.2, 0) is 33.3 Å². The number of hydrogen-bond donors (Lipinski definition) is 0. The molecule has 0 heterocycles. The number of unbranched alkanes of at least 4 members (excludes halogenated alkanes) is 3. The lowest BCUT2D eigenvalue weighted by Gasteiger charge is -2.07. The zero-order valence-corrected chi connectivity index (χ0v) is 26.3. The van der Waals surface area contributed by atoms with Crippen LogP contribution in [0.3, 0.4) is 0 Å². The molecule has 0 radical (unpaired) electrons. The maximum atomic E-state index is 12.2. The third kappa shape index (κ3) is 19.0. The van der Waals surface area contributed by atoms with Gasteiger partial charge in [0, 0.05) is 18.6 Å². The maximum absolute atomic E-state index is 12.2.